The Morgan fingerprint density at radius 1 is 1.12 bits per heavy atom. The van der Waals surface area contributed by atoms with Gasteiger partial charge in [-0.1, -0.05) is 50.3 Å². The molecule has 2 aromatic rings. The van der Waals surface area contributed by atoms with Crippen molar-refractivity contribution in [1.29, 1.82) is 0 Å². The number of amides is 2. The van der Waals surface area contributed by atoms with Crippen molar-refractivity contribution in [2.45, 2.75) is 82.3 Å². The lowest BCUT2D eigenvalue weighted by Crippen LogP contribution is -2.54. The van der Waals surface area contributed by atoms with Crippen LogP contribution in [0.5, 0.6) is 11.5 Å². The number of hydrogen-bond donors (Lipinski definition) is 3. The van der Waals surface area contributed by atoms with Crippen LogP contribution in [0.25, 0.3) is 0 Å². The van der Waals surface area contributed by atoms with Crippen molar-refractivity contribution in [1.82, 2.24) is 20.5 Å². The Hall–Kier alpha value is -2.68. The molecule has 0 spiro atoms. The predicted molar refractivity (Wildman–Crippen MR) is 162 cm³/mol. The first-order valence-corrected chi connectivity index (χ1v) is 15.6. The summed E-state index contributed by atoms with van der Waals surface area (Å²) < 4.78 is 11.5. The number of benzene rings is 1. The first kappa shape index (κ1) is 31.3. The van der Waals surface area contributed by atoms with E-state index in [1.54, 1.807) is 19.5 Å². The van der Waals surface area contributed by atoms with Crippen molar-refractivity contribution < 1.29 is 19.4 Å². The minimum atomic E-state index is -1.15. The molecule has 2 aliphatic rings. The topological polar surface area (TPSA) is 96.0 Å². The van der Waals surface area contributed by atoms with Gasteiger partial charge in [0.05, 0.1) is 11.8 Å². The SMILES string of the molecule is CNCC(CC1CCCCC1)NC(=O)N1CCC[C@@H]([C@@](O)(CCCCOC)c2ccccc2Oc2cccnc2)C1. The van der Waals surface area contributed by atoms with E-state index in [9.17, 15) is 9.90 Å². The highest BCUT2D eigenvalue weighted by atomic mass is 16.5. The van der Waals surface area contributed by atoms with Crippen molar-refractivity contribution in [3.63, 3.8) is 0 Å². The van der Waals surface area contributed by atoms with E-state index in [2.05, 4.69) is 15.6 Å². The fourth-order valence-corrected chi connectivity index (χ4v) is 6.73. The molecule has 1 aliphatic carbocycles. The second kappa shape index (κ2) is 16.1. The molecule has 2 fully saturated rings. The van der Waals surface area contributed by atoms with Gasteiger partial charge in [0.15, 0.2) is 0 Å². The molecule has 226 valence electrons. The molecule has 4 rings (SSSR count). The highest BCUT2D eigenvalue weighted by Crippen LogP contribution is 2.44. The van der Waals surface area contributed by atoms with Crippen LogP contribution in [-0.4, -0.2) is 67.5 Å². The van der Waals surface area contributed by atoms with Gasteiger partial charge in [-0.15, -0.1) is 0 Å². The van der Waals surface area contributed by atoms with Crippen molar-refractivity contribution >= 4 is 6.03 Å². The predicted octanol–water partition coefficient (Wildman–Crippen LogP) is 5.86. The molecule has 2 amide bonds. The number of aromatic nitrogens is 1. The lowest BCUT2D eigenvalue weighted by molar-refractivity contribution is -0.0575. The van der Waals surface area contributed by atoms with E-state index in [0.717, 1.165) is 44.2 Å². The van der Waals surface area contributed by atoms with Crippen molar-refractivity contribution in [2.24, 2.45) is 11.8 Å². The Balaban J connectivity index is 1.51. The van der Waals surface area contributed by atoms with Gasteiger partial charge in [-0.25, -0.2) is 4.79 Å². The zero-order valence-corrected chi connectivity index (χ0v) is 25.0. The molecule has 1 aromatic carbocycles. The van der Waals surface area contributed by atoms with E-state index in [4.69, 9.17) is 9.47 Å². The monoisotopic (exact) mass is 566 g/mol. The molecule has 0 radical (unpaired) electrons. The minimum Gasteiger partial charge on any atom is -0.455 e. The summed E-state index contributed by atoms with van der Waals surface area (Å²) in [4.78, 5) is 19.7. The van der Waals surface area contributed by atoms with E-state index < -0.39 is 5.60 Å². The highest BCUT2D eigenvalue weighted by molar-refractivity contribution is 5.74. The van der Waals surface area contributed by atoms with Gasteiger partial charge in [-0.2, -0.15) is 0 Å². The van der Waals surface area contributed by atoms with Crippen LogP contribution in [0.2, 0.25) is 0 Å². The molecule has 1 saturated heterocycles. The number of ether oxygens (including phenoxy) is 2. The zero-order chi connectivity index (χ0) is 28.9. The summed E-state index contributed by atoms with van der Waals surface area (Å²) in [5.41, 5.74) is -0.392. The number of nitrogens with one attached hydrogen (secondary N) is 2. The first-order valence-electron chi connectivity index (χ1n) is 15.6. The number of aliphatic hydroxyl groups is 1. The lowest BCUT2D eigenvalue weighted by Gasteiger charge is -2.43. The Kier molecular flexibility index (Phi) is 12.3. The van der Waals surface area contributed by atoms with Gasteiger partial charge in [0.1, 0.15) is 11.5 Å². The second-order valence-electron chi connectivity index (χ2n) is 11.9. The number of piperidine rings is 1. The number of likely N-dealkylation sites (N-methyl/N-ethyl adjacent to an activating group) is 1. The average Bonchev–Trinajstić information content (AvgIpc) is 3.01. The van der Waals surface area contributed by atoms with Gasteiger partial charge in [0.2, 0.25) is 0 Å². The molecule has 8 heteroatoms. The summed E-state index contributed by atoms with van der Waals surface area (Å²) in [6.45, 7) is 2.62. The fraction of sp³-hybridized carbons (Fsp3) is 0.636. The fourth-order valence-electron chi connectivity index (χ4n) is 6.73. The summed E-state index contributed by atoms with van der Waals surface area (Å²) >= 11 is 0. The Bertz CT molecular complexity index is 1050. The minimum absolute atomic E-state index is 0.0209. The molecule has 1 aromatic heterocycles. The third-order valence-electron chi connectivity index (χ3n) is 8.88. The van der Waals surface area contributed by atoms with Crippen LogP contribution in [-0.2, 0) is 10.3 Å². The van der Waals surface area contributed by atoms with Crippen LogP contribution in [0.4, 0.5) is 4.79 Å². The Morgan fingerprint density at radius 2 is 1.95 bits per heavy atom. The first-order chi connectivity index (χ1) is 20.0. The molecule has 2 heterocycles. The Morgan fingerprint density at radius 3 is 2.71 bits per heavy atom. The van der Waals surface area contributed by atoms with Crippen LogP contribution < -0.4 is 15.4 Å². The molecule has 8 nitrogen and oxygen atoms in total. The van der Waals surface area contributed by atoms with Crippen LogP contribution in [0, 0.1) is 11.8 Å². The normalized spacial score (nSPS) is 20.3. The molecule has 1 unspecified atom stereocenters. The highest BCUT2D eigenvalue weighted by Gasteiger charge is 2.43. The van der Waals surface area contributed by atoms with Crippen molar-refractivity contribution in [3.05, 3.63) is 54.4 Å². The van der Waals surface area contributed by atoms with Gasteiger partial charge >= 0.3 is 6.03 Å². The van der Waals surface area contributed by atoms with Gasteiger partial charge in [0.25, 0.3) is 0 Å². The number of hydrogen-bond acceptors (Lipinski definition) is 6. The average molecular weight is 567 g/mol. The molecule has 1 saturated carbocycles. The zero-order valence-electron chi connectivity index (χ0n) is 25.0. The number of methoxy groups -OCH3 is 1. The van der Waals surface area contributed by atoms with E-state index in [0.29, 0.717) is 43.5 Å². The lowest BCUT2D eigenvalue weighted by atomic mass is 9.73. The number of carbonyl (C=O) groups excluding carboxylic acids is 1. The summed E-state index contributed by atoms with van der Waals surface area (Å²) in [7, 11) is 3.65. The van der Waals surface area contributed by atoms with E-state index in [1.807, 2.05) is 48.3 Å². The molecule has 0 bridgehead atoms. The van der Waals surface area contributed by atoms with Gasteiger partial charge in [0, 0.05) is 57.1 Å². The number of pyridine rings is 1. The van der Waals surface area contributed by atoms with E-state index in [1.165, 1.54) is 32.1 Å². The number of carbonyl (C=O) groups is 1. The quantitative estimate of drug-likeness (QED) is 0.248. The maximum Gasteiger partial charge on any atom is 0.317 e. The molecule has 1 aliphatic heterocycles. The van der Waals surface area contributed by atoms with E-state index >= 15 is 0 Å². The van der Waals surface area contributed by atoms with Gasteiger partial charge < -0.3 is 30.1 Å². The maximum absolute atomic E-state index is 13.6. The summed E-state index contributed by atoms with van der Waals surface area (Å²) in [5, 5.41) is 19.2. The molecular weight excluding hydrogens is 516 g/mol. The summed E-state index contributed by atoms with van der Waals surface area (Å²) in [5.74, 6) is 1.81. The number of rotatable bonds is 14. The molecule has 41 heavy (non-hydrogen) atoms. The molecule has 3 N–H and O–H groups in total. The smallest absolute Gasteiger partial charge is 0.317 e. The third kappa shape index (κ3) is 8.90. The standard InChI is InChI=1S/C33H50N4O4/c1-34-23-28(22-26-12-4-3-5-13-26)36-32(38)37-20-11-14-27(25-37)33(39,18-8-9-21-40-2)30-16-6-7-17-31(30)41-29-15-10-19-35-24-29/h6-7,10,15-17,19,24,26-28,34,39H,3-5,8-9,11-14,18,20-23,25H2,1-2H3,(H,36,38)/t27-,28?,33+/m1/s1. The number of nitrogens with zero attached hydrogens (tertiary/aromatic N) is 2. The van der Waals surface area contributed by atoms with Crippen LogP contribution >= 0.6 is 0 Å². The largest absolute Gasteiger partial charge is 0.455 e. The van der Waals surface area contributed by atoms with Crippen LogP contribution in [0.15, 0.2) is 48.8 Å². The van der Waals surface area contributed by atoms with Gasteiger partial charge in [-0.3, -0.25) is 4.98 Å². The number of urea groups is 1. The van der Waals surface area contributed by atoms with Crippen molar-refractivity contribution in [2.75, 3.05) is 40.4 Å². The maximum atomic E-state index is 13.6. The van der Waals surface area contributed by atoms with Crippen LogP contribution in [0.1, 0.15) is 76.2 Å². The number of para-hydroxylation sites is 1. The number of unbranched alkanes of at least 4 members (excludes halogenated alkanes) is 1. The molecule has 3 atom stereocenters. The molecular formula is C33H50N4O4. The van der Waals surface area contributed by atoms with Crippen molar-refractivity contribution in [3.8, 4) is 11.5 Å². The summed E-state index contributed by atoms with van der Waals surface area (Å²) in [6.07, 6.45) is 14.8. The Labute approximate surface area is 246 Å². The second-order valence-corrected chi connectivity index (χ2v) is 11.9. The summed E-state index contributed by atoms with van der Waals surface area (Å²) in [6, 6.07) is 11.5. The van der Waals surface area contributed by atoms with Crippen LogP contribution in [0.3, 0.4) is 0 Å². The number of likely N-dealkylation sites (tertiary alicyclic amines) is 1. The third-order valence-corrected chi connectivity index (χ3v) is 8.88. The van der Waals surface area contributed by atoms with E-state index in [-0.39, 0.29) is 18.0 Å². The van der Waals surface area contributed by atoms with Gasteiger partial charge in [-0.05, 0) is 69.7 Å².